The van der Waals surface area contributed by atoms with E-state index < -0.39 is 11.3 Å². The average molecular weight is 363 g/mol. The Labute approximate surface area is 156 Å². The number of pyridine rings is 1. The molecule has 0 spiro atoms. The fourth-order valence-electron chi connectivity index (χ4n) is 3.73. The highest BCUT2D eigenvalue weighted by Crippen LogP contribution is 2.32. The van der Waals surface area contributed by atoms with Gasteiger partial charge in [0.05, 0.1) is 11.3 Å². The number of rotatable bonds is 3. The SMILES string of the molecule is NC(=O)c1cc(-c2[nH]c3ccccc3c(=O)c2O)ccc1N1CCCCC1. The number of para-hydroxylation sites is 1. The number of piperidine rings is 1. The van der Waals surface area contributed by atoms with E-state index in [1.165, 1.54) is 6.42 Å². The summed E-state index contributed by atoms with van der Waals surface area (Å²) in [6.07, 6.45) is 3.35. The lowest BCUT2D eigenvalue weighted by Crippen LogP contribution is -2.31. The van der Waals surface area contributed by atoms with Gasteiger partial charge < -0.3 is 20.7 Å². The van der Waals surface area contributed by atoms with Crippen LogP contribution in [0.5, 0.6) is 5.75 Å². The number of anilines is 1. The molecule has 1 saturated heterocycles. The van der Waals surface area contributed by atoms with Crippen molar-refractivity contribution in [3.8, 4) is 17.0 Å². The monoisotopic (exact) mass is 363 g/mol. The van der Waals surface area contributed by atoms with Crippen molar-refractivity contribution in [2.24, 2.45) is 5.73 Å². The van der Waals surface area contributed by atoms with Gasteiger partial charge in [-0.25, -0.2) is 0 Å². The molecule has 0 radical (unpaired) electrons. The number of fused-ring (bicyclic) bond motifs is 1. The molecule has 6 heteroatoms. The van der Waals surface area contributed by atoms with Crippen LogP contribution in [0.3, 0.4) is 0 Å². The van der Waals surface area contributed by atoms with Crippen molar-refractivity contribution in [2.45, 2.75) is 19.3 Å². The third-order valence-electron chi connectivity index (χ3n) is 5.13. The molecule has 2 aromatic carbocycles. The average Bonchev–Trinajstić information content (AvgIpc) is 2.71. The first-order valence-electron chi connectivity index (χ1n) is 9.09. The topological polar surface area (TPSA) is 99.4 Å². The zero-order valence-electron chi connectivity index (χ0n) is 14.9. The van der Waals surface area contributed by atoms with Crippen LogP contribution in [0.25, 0.3) is 22.2 Å². The molecule has 1 aromatic heterocycles. The van der Waals surface area contributed by atoms with E-state index in [-0.39, 0.29) is 11.4 Å². The van der Waals surface area contributed by atoms with Crippen LogP contribution in [0.15, 0.2) is 47.3 Å². The number of nitrogens with zero attached hydrogens (tertiary/aromatic N) is 1. The summed E-state index contributed by atoms with van der Waals surface area (Å²) in [7, 11) is 0. The van der Waals surface area contributed by atoms with Gasteiger partial charge in [-0.2, -0.15) is 0 Å². The molecule has 0 unspecified atom stereocenters. The Hall–Kier alpha value is -3.28. The highest BCUT2D eigenvalue weighted by Gasteiger charge is 2.20. The van der Waals surface area contributed by atoms with Gasteiger partial charge in [0.1, 0.15) is 0 Å². The van der Waals surface area contributed by atoms with Crippen LogP contribution in [-0.4, -0.2) is 29.1 Å². The summed E-state index contributed by atoms with van der Waals surface area (Å²) in [5.74, 6) is -0.894. The molecular formula is C21H21N3O3. The van der Waals surface area contributed by atoms with Gasteiger partial charge in [-0.15, -0.1) is 0 Å². The van der Waals surface area contributed by atoms with Crippen molar-refractivity contribution in [1.82, 2.24) is 4.98 Å². The number of nitrogens with one attached hydrogen (secondary N) is 1. The molecule has 1 amide bonds. The van der Waals surface area contributed by atoms with Crippen LogP contribution in [0.1, 0.15) is 29.6 Å². The number of nitrogens with two attached hydrogens (primary N) is 1. The fourth-order valence-corrected chi connectivity index (χ4v) is 3.73. The predicted octanol–water partition coefficient (Wildman–Crippen LogP) is 2.99. The molecule has 4 rings (SSSR count). The minimum atomic E-state index is -0.528. The van der Waals surface area contributed by atoms with Gasteiger partial charge in [0.15, 0.2) is 5.75 Å². The maximum absolute atomic E-state index is 12.5. The standard InChI is InChI=1S/C21H21N3O3/c22-21(27)15-12-13(8-9-17(15)24-10-4-1-5-11-24)18-20(26)19(25)14-6-2-3-7-16(14)23-18/h2-3,6-9,12,26H,1,4-5,10-11H2,(H2,22,27)(H,23,25). The fraction of sp³-hybridized carbons (Fsp3) is 0.238. The lowest BCUT2D eigenvalue weighted by Gasteiger charge is -2.30. The molecule has 0 bridgehead atoms. The quantitative estimate of drug-likeness (QED) is 0.666. The summed E-state index contributed by atoms with van der Waals surface area (Å²) in [5.41, 5.74) is 7.82. The Balaban J connectivity index is 1.86. The molecule has 6 nitrogen and oxygen atoms in total. The van der Waals surface area contributed by atoms with Crippen LogP contribution in [-0.2, 0) is 0 Å². The number of aromatic amines is 1. The minimum absolute atomic E-state index is 0.284. The van der Waals surface area contributed by atoms with E-state index in [1.807, 2.05) is 12.1 Å². The van der Waals surface area contributed by atoms with Gasteiger partial charge in [0.25, 0.3) is 5.91 Å². The molecule has 2 heterocycles. The second-order valence-corrected chi connectivity index (χ2v) is 6.87. The van der Waals surface area contributed by atoms with E-state index in [9.17, 15) is 14.7 Å². The zero-order valence-corrected chi connectivity index (χ0v) is 14.9. The first-order chi connectivity index (χ1) is 13.1. The van der Waals surface area contributed by atoms with E-state index in [0.717, 1.165) is 31.6 Å². The largest absolute Gasteiger partial charge is 0.503 e. The number of amides is 1. The van der Waals surface area contributed by atoms with Crippen LogP contribution in [0.4, 0.5) is 5.69 Å². The lowest BCUT2D eigenvalue weighted by molar-refractivity contribution is 0.100. The zero-order chi connectivity index (χ0) is 19.0. The number of aromatic hydroxyl groups is 1. The Morgan fingerprint density at radius 3 is 2.56 bits per heavy atom. The molecule has 0 atom stereocenters. The number of primary amides is 1. The molecule has 3 aromatic rings. The number of H-pyrrole nitrogens is 1. The molecule has 138 valence electrons. The highest BCUT2D eigenvalue weighted by atomic mass is 16.3. The van der Waals surface area contributed by atoms with Crippen molar-refractivity contribution in [3.05, 3.63) is 58.3 Å². The van der Waals surface area contributed by atoms with E-state index in [0.29, 0.717) is 22.0 Å². The van der Waals surface area contributed by atoms with Gasteiger partial charge in [-0.3, -0.25) is 9.59 Å². The molecule has 1 aliphatic heterocycles. The summed E-state index contributed by atoms with van der Waals surface area (Å²) in [6, 6.07) is 12.3. The smallest absolute Gasteiger partial charge is 0.250 e. The minimum Gasteiger partial charge on any atom is -0.503 e. The van der Waals surface area contributed by atoms with Crippen molar-refractivity contribution in [1.29, 1.82) is 0 Å². The molecule has 1 fully saturated rings. The summed E-state index contributed by atoms with van der Waals surface area (Å²) in [6.45, 7) is 1.77. The van der Waals surface area contributed by atoms with Gasteiger partial charge in [0.2, 0.25) is 5.43 Å². The predicted molar refractivity (Wildman–Crippen MR) is 106 cm³/mol. The maximum atomic E-state index is 12.5. The second-order valence-electron chi connectivity index (χ2n) is 6.87. The molecule has 0 aliphatic carbocycles. The first-order valence-corrected chi connectivity index (χ1v) is 9.09. The summed E-state index contributed by atoms with van der Waals surface area (Å²) in [4.78, 5) is 29.8. The Morgan fingerprint density at radius 1 is 1.07 bits per heavy atom. The van der Waals surface area contributed by atoms with Crippen molar-refractivity contribution in [3.63, 3.8) is 0 Å². The van der Waals surface area contributed by atoms with Crippen LogP contribution in [0.2, 0.25) is 0 Å². The van der Waals surface area contributed by atoms with Gasteiger partial charge in [0, 0.05) is 35.2 Å². The first kappa shape index (κ1) is 17.1. The van der Waals surface area contributed by atoms with Gasteiger partial charge in [-0.05, 0) is 43.5 Å². The van der Waals surface area contributed by atoms with Crippen LogP contribution >= 0.6 is 0 Å². The number of benzene rings is 2. The number of hydrogen-bond acceptors (Lipinski definition) is 4. The molecule has 0 saturated carbocycles. The number of aromatic nitrogens is 1. The molecule has 4 N–H and O–H groups in total. The molecular weight excluding hydrogens is 342 g/mol. The number of carbonyl (C=O) groups is 1. The number of hydrogen-bond donors (Lipinski definition) is 3. The van der Waals surface area contributed by atoms with Crippen molar-refractivity contribution >= 4 is 22.5 Å². The van der Waals surface area contributed by atoms with Crippen LogP contribution < -0.4 is 16.1 Å². The third-order valence-corrected chi connectivity index (χ3v) is 5.13. The van der Waals surface area contributed by atoms with Crippen molar-refractivity contribution in [2.75, 3.05) is 18.0 Å². The third kappa shape index (κ3) is 3.03. The van der Waals surface area contributed by atoms with Gasteiger partial charge in [-0.1, -0.05) is 18.2 Å². The van der Waals surface area contributed by atoms with E-state index in [4.69, 9.17) is 5.73 Å². The molecule has 1 aliphatic rings. The second kappa shape index (κ2) is 6.79. The van der Waals surface area contributed by atoms with Crippen molar-refractivity contribution < 1.29 is 9.90 Å². The highest BCUT2D eigenvalue weighted by molar-refractivity contribution is 6.00. The summed E-state index contributed by atoms with van der Waals surface area (Å²) in [5, 5.41) is 10.8. The number of carbonyl (C=O) groups excluding carboxylic acids is 1. The van der Waals surface area contributed by atoms with E-state index in [1.54, 1.807) is 30.3 Å². The summed E-state index contributed by atoms with van der Waals surface area (Å²) >= 11 is 0. The maximum Gasteiger partial charge on any atom is 0.250 e. The normalized spacial score (nSPS) is 14.4. The van der Waals surface area contributed by atoms with Gasteiger partial charge >= 0.3 is 0 Å². The lowest BCUT2D eigenvalue weighted by atomic mass is 10.0. The Bertz CT molecular complexity index is 1080. The van der Waals surface area contributed by atoms with E-state index in [2.05, 4.69) is 9.88 Å². The van der Waals surface area contributed by atoms with E-state index >= 15 is 0 Å². The Morgan fingerprint density at radius 2 is 1.81 bits per heavy atom. The molecule has 27 heavy (non-hydrogen) atoms. The van der Waals surface area contributed by atoms with Crippen LogP contribution in [0, 0.1) is 0 Å². The summed E-state index contributed by atoms with van der Waals surface area (Å²) < 4.78 is 0. The Kier molecular flexibility index (Phi) is 4.32.